The van der Waals surface area contributed by atoms with Gasteiger partial charge in [-0.1, -0.05) is 25.5 Å². The van der Waals surface area contributed by atoms with Gasteiger partial charge in [-0.15, -0.1) is 24.0 Å². The Kier molecular flexibility index (Phi) is 15.0. The Labute approximate surface area is 174 Å². The van der Waals surface area contributed by atoms with E-state index in [0.717, 1.165) is 57.2 Å². The van der Waals surface area contributed by atoms with Crippen LogP contribution in [0.3, 0.4) is 0 Å². The molecule has 0 spiro atoms. The molecule has 0 aliphatic carbocycles. The molecule has 0 aliphatic rings. The average molecular weight is 476 g/mol. The van der Waals surface area contributed by atoms with Crippen molar-refractivity contribution in [2.24, 2.45) is 4.99 Å². The lowest BCUT2D eigenvalue weighted by molar-refractivity contribution is -0.114. The maximum atomic E-state index is 11.0. The molecule has 0 heterocycles. The first-order valence-corrected chi connectivity index (χ1v) is 9.04. The predicted molar refractivity (Wildman–Crippen MR) is 120 cm³/mol. The maximum absolute atomic E-state index is 11.0. The molecule has 1 amide bonds. The van der Waals surface area contributed by atoms with Gasteiger partial charge in [0.25, 0.3) is 0 Å². The van der Waals surface area contributed by atoms with Crippen molar-refractivity contribution >= 4 is 41.5 Å². The van der Waals surface area contributed by atoms with Gasteiger partial charge in [-0.2, -0.15) is 0 Å². The van der Waals surface area contributed by atoms with Gasteiger partial charge in [0.05, 0.1) is 0 Å². The zero-order valence-corrected chi connectivity index (χ0v) is 18.5. The SMILES string of the molecule is CCCCOCCCNC(=NC)NCCc1ccc(NC(C)=O)cc1.I. The number of ether oxygens (including phenoxy) is 1. The second-order valence-electron chi connectivity index (χ2n) is 5.87. The first-order valence-electron chi connectivity index (χ1n) is 9.04. The van der Waals surface area contributed by atoms with E-state index < -0.39 is 0 Å². The van der Waals surface area contributed by atoms with Crippen LogP contribution in [-0.2, 0) is 16.0 Å². The highest BCUT2D eigenvalue weighted by molar-refractivity contribution is 14.0. The van der Waals surface area contributed by atoms with Gasteiger partial charge in [0, 0.05) is 46.0 Å². The van der Waals surface area contributed by atoms with Crippen LogP contribution in [0.5, 0.6) is 0 Å². The largest absolute Gasteiger partial charge is 0.381 e. The molecule has 0 atom stereocenters. The number of benzene rings is 1. The van der Waals surface area contributed by atoms with Gasteiger partial charge in [0.2, 0.25) is 5.91 Å². The third-order valence-electron chi connectivity index (χ3n) is 3.60. The molecule has 1 rings (SSSR count). The number of nitrogens with zero attached hydrogens (tertiary/aromatic N) is 1. The second-order valence-corrected chi connectivity index (χ2v) is 5.87. The Morgan fingerprint density at radius 1 is 1.08 bits per heavy atom. The molecular weight excluding hydrogens is 443 g/mol. The van der Waals surface area contributed by atoms with E-state index >= 15 is 0 Å². The molecule has 3 N–H and O–H groups in total. The molecule has 7 heteroatoms. The molecule has 0 aromatic heterocycles. The van der Waals surface area contributed by atoms with Crippen LogP contribution >= 0.6 is 24.0 Å². The summed E-state index contributed by atoms with van der Waals surface area (Å²) in [4.78, 5) is 15.2. The normalized spacial score (nSPS) is 10.8. The van der Waals surface area contributed by atoms with Crippen LogP contribution in [0.15, 0.2) is 29.3 Å². The number of amides is 1. The lowest BCUT2D eigenvalue weighted by Gasteiger charge is -2.12. The molecule has 0 radical (unpaired) electrons. The summed E-state index contributed by atoms with van der Waals surface area (Å²) in [7, 11) is 1.77. The summed E-state index contributed by atoms with van der Waals surface area (Å²) in [6.45, 7) is 6.95. The molecule has 148 valence electrons. The molecule has 1 aromatic carbocycles. The summed E-state index contributed by atoms with van der Waals surface area (Å²) >= 11 is 0. The Morgan fingerprint density at radius 2 is 1.73 bits per heavy atom. The fourth-order valence-electron chi connectivity index (χ4n) is 2.23. The van der Waals surface area contributed by atoms with Crippen LogP contribution in [0.4, 0.5) is 5.69 Å². The number of anilines is 1. The summed E-state index contributed by atoms with van der Waals surface area (Å²) in [5, 5.41) is 9.36. The first-order chi connectivity index (χ1) is 12.2. The number of hydrogen-bond donors (Lipinski definition) is 3. The van der Waals surface area contributed by atoms with Crippen LogP contribution in [0, 0.1) is 0 Å². The zero-order valence-electron chi connectivity index (χ0n) is 16.1. The molecule has 1 aromatic rings. The third-order valence-corrected chi connectivity index (χ3v) is 3.60. The third kappa shape index (κ3) is 12.1. The lowest BCUT2D eigenvalue weighted by Crippen LogP contribution is -2.39. The van der Waals surface area contributed by atoms with Gasteiger partial charge in [-0.25, -0.2) is 0 Å². The quantitative estimate of drug-likeness (QED) is 0.199. The van der Waals surface area contributed by atoms with Gasteiger partial charge in [-0.05, 0) is 37.0 Å². The van der Waals surface area contributed by atoms with Crippen molar-refractivity contribution in [2.45, 2.75) is 39.5 Å². The second kappa shape index (κ2) is 15.9. The van der Waals surface area contributed by atoms with E-state index in [4.69, 9.17) is 4.74 Å². The van der Waals surface area contributed by atoms with Crippen molar-refractivity contribution in [1.29, 1.82) is 0 Å². The predicted octanol–water partition coefficient (Wildman–Crippen LogP) is 3.18. The van der Waals surface area contributed by atoms with Crippen molar-refractivity contribution < 1.29 is 9.53 Å². The molecule has 0 unspecified atom stereocenters. The molecule has 0 fully saturated rings. The van der Waals surface area contributed by atoms with Gasteiger partial charge in [0.15, 0.2) is 5.96 Å². The summed E-state index contributed by atoms with van der Waals surface area (Å²) < 4.78 is 5.54. The molecule has 0 bridgehead atoms. The first kappa shape index (κ1) is 24.7. The molecule has 0 aliphatic heterocycles. The monoisotopic (exact) mass is 476 g/mol. The molecule has 0 saturated carbocycles. The van der Waals surface area contributed by atoms with Crippen LogP contribution < -0.4 is 16.0 Å². The average Bonchev–Trinajstić information content (AvgIpc) is 2.60. The minimum absolute atomic E-state index is 0. The highest BCUT2D eigenvalue weighted by atomic mass is 127. The van der Waals surface area contributed by atoms with Crippen molar-refractivity contribution in [1.82, 2.24) is 10.6 Å². The van der Waals surface area contributed by atoms with Gasteiger partial charge >= 0.3 is 0 Å². The van der Waals surface area contributed by atoms with Crippen molar-refractivity contribution in [3.8, 4) is 0 Å². The standard InChI is InChI=1S/C19H32N4O2.HI/c1-4-5-14-25-15-6-12-21-19(20-3)22-13-11-17-7-9-18(10-8-17)23-16(2)24;/h7-10H,4-6,11-15H2,1-3H3,(H,23,24)(H2,20,21,22);1H. The summed E-state index contributed by atoms with van der Waals surface area (Å²) in [6, 6.07) is 7.89. The highest BCUT2D eigenvalue weighted by Crippen LogP contribution is 2.09. The number of guanidine groups is 1. The fourth-order valence-corrected chi connectivity index (χ4v) is 2.23. The Bertz CT molecular complexity index is 521. The topological polar surface area (TPSA) is 74.8 Å². The van der Waals surface area contributed by atoms with Crippen molar-refractivity contribution in [3.63, 3.8) is 0 Å². The van der Waals surface area contributed by atoms with Crippen LogP contribution in [0.25, 0.3) is 0 Å². The number of carbonyl (C=O) groups excluding carboxylic acids is 1. The number of hydrogen-bond acceptors (Lipinski definition) is 3. The number of rotatable bonds is 11. The molecule has 6 nitrogen and oxygen atoms in total. The number of halogens is 1. The fraction of sp³-hybridized carbons (Fsp3) is 0.579. The van der Waals surface area contributed by atoms with Crippen LogP contribution in [0.2, 0.25) is 0 Å². The summed E-state index contributed by atoms with van der Waals surface area (Å²) in [5.41, 5.74) is 2.03. The molecule has 0 saturated heterocycles. The number of nitrogens with one attached hydrogen (secondary N) is 3. The Balaban J connectivity index is 0.00000625. The number of unbranched alkanes of at least 4 members (excludes halogenated alkanes) is 1. The van der Waals surface area contributed by atoms with E-state index in [1.54, 1.807) is 7.05 Å². The summed E-state index contributed by atoms with van der Waals surface area (Å²) in [6.07, 6.45) is 4.16. The van der Waals surface area contributed by atoms with Crippen LogP contribution in [0.1, 0.15) is 38.7 Å². The van der Waals surface area contributed by atoms with Crippen LogP contribution in [-0.4, -0.2) is 45.2 Å². The van der Waals surface area contributed by atoms with Gasteiger partial charge < -0.3 is 20.7 Å². The van der Waals surface area contributed by atoms with E-state index in [1.807, 2.05) is 24.3 Å². The van der Waals surface area contributed by atoms with E-state index in [2.05, 4.69) is 27.9 Å². The van der Waals surface area contributed by atoms with Gasteiger partial charge in [0.1, 0.15) is 0 Å². The van der Waals surface area contributed by atoms with Crippen molar-refractivity contribution in [2.75, 3.05) is 38.7 Å². The van der Waals surface area contributed by atoms with E-state index in [-0.39, 0.29) is 29.9 Å². The molecule has 26 heavy (non-hydrogen) atoms. The Hall–Kier alpha value is -1.35. The summed E-state index contributed by atoms with van der Waals surface area (Å²) in [5.74, 6) is 0.753. The van der Waals surface area contributed by atoms with Crippen molar-refractivity contribution in [3.05, 3.63) is 29.8 Å². The molecular formula is C19H33IN4O2. The number of carbonyl (C=O) groups is 1. The smallest absolute Gasteiger partial charge is 0.221 e. The maximum Gasteiger partial charge on any atom is 0.221 e. The van der Waals surface area contributed by atoms with E-state index in [0.29, 0.717) is 0 Å². The van der Waals surface area contributed by atoms with Gasteiger partial charge in [-0.3, -0.25) is 9.79 Å². The minimum Gasteiger partial charge on any atom is -0.381 e. The Morgan fingerprint density at radius 3 is 2.35 bits per heavy atom. The highest BCUT2D eigenvalue weighted by Gasteiger charge is 1.99. The zero-order chi connectivity index (χ0) is 18.3. The minimum atomic E-state index is -0.0555. The number of aliphatic imine (C=N–C) groups is 1. The lowest BCUT2D eigenvalue weighted by atomic mass is 10.1. The van der Waals surface area contributed by atoms with E-state index in [9.17, 15) is 4.79 Å². The van der Waals surface area contributed by atoms with E-state index in [1.165, 1.54) is 18.9 Å².